The summed E-state index contributed by atoms with van der Waals surface area (Å²) >= 11 is 0. The molecule has 118 valence electrons. The molecule has 0 aromatic rings. The average molecular weight is 312 g/mol. The first-order valence-electron chi connectivity index (χ1n) is 5.55. The van der Waals surface area contributed by atoms with Crippen LogP contribution in [0.1, 0.15) is 19.3 Å². The monoisotopic (exact) mass is 312 g/mol. The summed E-state index contributed by atoms with van der Waals surface area (Å²) in [5.74, 6) is -6.58. The topological polar surface area (TPSA) is 35.5 Å². The standard InChI is InChI=1S/C10H11F7O3/c11-8(12,4-6-3-7(18)19-5-6)10(16,17)20-2-1-9(13,14)15/h6H,1-5H2. The maximum atomic E-state index is 13.3. The number of hydrogen-bond acceptors (Lipinski definition) is 3. The minimum Gasteiger partial charge on any atom is -0.465 e. The van der Waals surface area contributed by atoms with Gasteiger partial charge in [0, 0.05) is 12.3 Å². The quantitative estimate of drug-likeness (QED) is 0.558. The molecule has 0 aliphatic carbocycles. The second-order valence-corrected chi connectivity index (χ2v) is 4.39. The van der Waals surface area contributed by atoms with E-state index in [0.717, 1.165) is 0 Å². The first-order chi connectivity index (χ1) is 8.93. The number of carbonyl (C=O) groups is 1. The molecule has 0 radical (unpaired) electrons. The van der Waals surface area contributed by atoms with E-state index in [9.17, 15) is 35.5 Å². The SMILES string of the molecule is O=C1CC(CC(F)(F)C(F)(F)OCCC(F)(F)F)CO1. The summed E-state index contributed by atoms with van der Waals surface area (Å²) < 4.78 is 95.6. The predicted octanol–water partition coefficient (Wildman–Crippen LogP) is 3.14. The van der Waals surface area contributed by atoms with E-state index in [1.807, 2.05) is 0 Å². The third kappa shape index (κ3) is 4.80. The normalized spacial score (nSPS) is 21.1. The molecule has 1 fully saturated rings. The zero-order valence-electron chi connectivity index (χ0n) is 9.98. The second kappa shape index (κ2) is 5.74. The summed E-state index contributed by atoms with van der Waals surface area (Å²) in [6.07, 6.45) is -13.4. The highest BCUT2D eigenvalue weighted by Crippen LogP contribution is 2.42. The Bertz CT molecular complexity index is 353. The molecule has 3 nitrogen and oxygen atoms in total. The number of esters is 1. The molecule has 0 bridgehead atoms. The van der Waals surface area contributed by atoms with Crippen LogP contribution in [0.25, 0.3) is 0 Å². The van der Waals surface area contributed by atoms with Crippen molar-refractivity contribution in [2.75, 3.05) is 13.2 Å². The minimum atomic E-state index is -5.04. The molecule has 1 unspecified atom stereocenters. The van der Waals surface area contributed by atoms with Gasteiger partial charge in [-0.2, -0.15) is 30.7 Å². The smallest absolute Gasteiger partial charge is 0.419 e. The molecular weight excluding hydrogens is 301 g/mol. The van der Waals surface area contributed by atoms with Crippen molar-refractivity contribution in [2.24, 2.45) is 5.92 Å². The Kier molecular flexibility index (Phi) is 4.88. The van der Waals surface area contributed by atoms with Gasteiger partial charge in [0.05, 0.1) is 26.1 Å². The Morgan fingerprint density at radius 3 is 2.20 bits per heavy atom. The highest BCUT2D eigenvalue weighted by molar-refractivity contribution is 5.71. The lowest BCUT2D eigenvalue weighted by molar-refractivity contribution is -0.354. The molecular formula is C10H11F7O3. The molecule has 20 heavy (non-hydrogen) atoms. The van der Waals surface area contributed by atoms with Crippen LogP contribution in [0.4, 0.5) is 30.7 Å². The molecule has 1 rings (SSSR count). The van der Waals surface area contributed by atoms with E-state index in [-0.39, 0.29) is 0 Å². The molecule has 0 N–H and O–H groups in total. The summed E-state index contributed by atoms with van der Waals surface area (Å²) in [7, 11) is 0. The van der Waals surface area contributed by atoms with E-state index in [1.54, 1.807) is 0 Å². The first-order valence-corrected chi connectivity index (χ1v) is 5.55. The maximum absolute atomic E-state index is 13.3. The lowest BCUT2D eigenvalue weighted by atomic mass is 9.99. The van der Waals surface area contributed by atoms with E-state index in [4.69, 9.17) is 0 Å². The third-order valence-corrected chi connectivity index (χ3v) is 2.58. The molecule has 0 saturated carbocycles. The molecule has 1 heterocycles. The number of cyclic esters (lactones) is 1. The van der Waals surface area contributed by atoms with Gasteiger partial charge in [-0.3, -0.25) is 4.79 Å². The van der Waals surface area contributed by atoms with Gasteiger partial charge in [0.1, 0.15) is 0 Å². The zero-order chi connectivity index (χ0) is 15.6. The average Bonchev–Trinajstić information content (AvgIpc) is 2.60. The van der Waals surface area contributed by atoms with Crippen LogP contribution in [-0.4, -0.2) is 37.4 Å². The molecule has 1 saturated heterocycles. The predicted molar refractivity (Wildman–Crippen MR) is 50.2 cm³/mol. The van der Waals surface area contributed by atoms with Crippen molar-refractivity contribution >= 4 is 5.97 Å². The highest BCUT2D eigenvalue weighted by atomic mass is 19.4. The van der Waals surface area contributed by atoms with Gasteiger partial charge in [0.2, 0.25) is 0 Å². The van der Waals surface area contributed by atoms with Crippen molar-refractivity contribution in [2.45, 2.75) is 37.5 Å². The van der Waals surface area contributed by atoms with Crippen molar-refractivity contribution < 1.29 is 45.0 Å². The van der Waals surface area contributed by atoms with Crippen molar-refractivity contribution in [1.82, 2.24) is 0 Å². The van der Waals surface area contributed by atoms with E-state index in [0.29, 0.717) is 0 Å². The van der Waals surface area contributed by atoms with Crippen molar-refractivity contribution in [3.8, 4) is 0 Å². The third-order valence-electron chi connectivity index (χ3n) is 2.58. The number of ether oxygens (including phenoxy) is 2. The number of carbonyl (C=O) groups excluding carboxylic acids is 1. The molecule has 1 aliphatic rings. The van der Waals surface area contributed by atoms with Crippen LogP contribution in [-0.2, 0) is 14.3 Å². The van der Waals surface area contributed by atoms with Gasteiger partial charge >= 0.3 is 24.2 Å². The lowest BCUT2D eigenvalue weighted by Gasteiger charge is -2.27. The Morgan fingerprint density at radius 2 is 1.75 bits per heavy atom. The lowest BCUT2D eigenvalue weighted by Crippen LogP contribution is -2.44. The van der Waals surface area contributed by atoms with Gasteiger partial charge in [-0.05, 0) is 0 Å². The van der Waals surface area contributed by atoms with Crippen LogP contribution in [0.2, 0.25) is 0 Å². The van der Waals surface area contributed by atoms with E-state index < -0.39 is 62.6 Å². The van der Waals surface area contributed by atoms with Crippen LogP contribution in [0.5, 0.6) is 0 Å². The highest BCUT2D eigenvalue weighted by Gasteiger charge is 2.59. The fourth-order valence-electron chi connectivity index (χ4n) is 1.58. The fourth-order valence-corrected chi connectivity index (χ4v) is 1.58. The number of halogens is 7. The van der Waals surface area contributed by atoms with Gasteiger partial charge in [0.25, 0.3) is 0 Å². The molecule has 0 amide bonds. The summed E-state index contributed by atoms with van der Waals surface area (Å²) in [6.45, 7) is -2.00. The zero-order valence-corrected chi connectivity index (χ0v) is 9.98. The summed E-state index contributed by atoms with van der Waals surface area (Å²) in [5, 5.41) is 0. The largest absolute Gasteiger partial charge is 0.465 e. The van der Waals surface area contributed by atoms with E-state index >= 15 is 0 Å². The maximum Gasteiger partial charge on any atom is 0.419 e. The second-order valence-electron chi connectivity index (χ2n) is 4.39. The molecule has 1 atom stereocenters. The molecule has 0 aromatic heterocycles. The Morgan fingerprint density at radius 1 is 1.15 bits per heavy atom. The number of alkyl halides is 7. The van der Waals surface area contributed by atoms with Gasteiger partial charge in [-0.1, -0.05) is 0 Å². The summed E-state index contributed by atoms with van der Waals surface area (Å²) in [4.78, 5) is 10.7. The molecule has 0 aromatic carbocycles. The van der Waals surface area contributed by atoms with Crippen molar-refractivity contribution in [3.63, 3.8) is 0 Å². The van der Waals surface area contributed by atoms with Gasteiger partial charge in [-0.15, -0.1) is 0 Å². The van der Waals surface area contributed by atoms with Gasteiger partial charge in [0.15, 0.2) is 0 Å². The minimum absolute atomic E-state index is 0.424. The van der Waals surface area contributed by atoms with E-state index in [2.05, 4.69) is 9.47 Å². The fraction of sp³-hybridized carbons (Fsp3) is 0.900. The Hall–Kier alpha value is -1.06. The van der Waals surface area contributed by atoms with E-state index in [1.165, 1.54) is 0 Å². The van der Waals surface area contributed by atoms with Crippen LogP contribution >= 0.6 is 0 Å². The van der Waals surface area contributed by atoms with Crippen LogP contribution < -0.4 is 0 Å². The first kappa shape index (κ1) is 17.0. The Labute approximate surface area is 109 Å². The molecule has 0 spiro atoms. The molecule has 10 heteroatoms. The Balaban J connectivity index is 2.52. The van der Waals surface area contributed by atoms with Crippen LogP contribution in [0.3, 0.4) is 0 Å². The molecule has 1 aliphatic heterocycles. The number of hydrogen-bond donors (Lipinski definition) is 0. The van der Waals surface area contributed by atoms with Gasteiger partial charge < -0.3 is 9.47 Å². The summed E-state index contributed by atoms with van der Waals surface area (Å²) in [5.41, 5.74) is 0. The summed E-state index contributed by atoms with van der Waals surface area (Å²) in [6, 6.07) is 0. The number of rotatable bonds is 6. The van der Waals surface area contributed by atoms with Crippen LogP contribution in [0, 0.1) is 5.92 Å². The van der Waals surface area contributed by atoms with Crippen molar-refractivity contribution in [1.29, 1.82) is 0 Å². The van der Waals surface area contributed by atoms with Crippen molar-refractivity contribution in [3.05, 3.63) is 0 Å². The van der Waals surface area contributed by atoms with Crippen LogP contribution in [0.15, 0.2) is 0 Å². The van der Waals surface area contributed by atoms with Gasteiger partial charge in [-0.25, -0.2) is 0 Å².